The van der Waals surface area contributed by atoms with Crippen molar-refractivity contribution in [3.8, 4) is 0 Å². The maximum atomic E-state index is 10.9. The summed E-state index contributed by atoms with van der Waals surface area (Å²) in [6.45, 7) is 12.6. The lowest BCUT2D eigenvalue weighted by molar-refractivity contribution is -0.116. The molecule has 0 fully saturated rings. The number of hydrogen-bond acceptors (Lipinski definition) is 1. The Labute approximate surface area is 150 Å². The van der Waals surface area contributed by atoms with Gasteiger partial charge in [0.1, 0.15) is 5.78 Å². The lowest BCUT2D eigenvalue weighted by Crippen LogP contribution is -1.87. The minimum Gasteiger partial charge on any atom is -0.300 e. The van der Waals surface area contributed by atoms with E-state index in [-0.39, 0.29) is 5.78 Å². The second-order valence-corrected chi connectivity index (χ2v) is 7.29. The van der Waals surface area contributed by atoms with Gasteiger partial charge in [-0.2, -0.15) is 0 Å². The van der Waals surface area contributed by atoms with Gasteiger partial charge in [-0.25, -0.2) is 0 Å². The minimum absolute atomic E-state index is 0.277. The summed E-state index contributed by atoms with van der Waals surface area (Å²) in [5.41, 5.74) is 5.80. The van der Waals surface area contributed by atoms with Gasteiger partial charge in [0, 0.05) is 6.42 Å². The highest BCUT2D eigenvalue weighted by atomic mass is 16.1. The standard InChI is InChI=1S/C23H38O/c1-19(2)11-7-12-20(3)13-8-14-21(4)15-9-16-22(5)17-10-18-23(6)24/h11,13,15,17H,7-10,12,14,16,18H2,1-6H3/b20-13+,21-15+,22-17-. The zero-order chi connectivity index (χ0) is 18.4. The predicted octanol–water partition coefficient (Wildman–Crippen LogP) is 7.50. The molecule has 0 aliphatic heterocycles. The van der Waals surface area contributed by atoms with Crippen molar-refractivity contribution in [2.45, 2.75) is 92.9 Å². The van der Waals surface area contributed by atoms with E-state index in [1.165, 1.54) is 28.7 Å². The number of carbonyl (C=O) groups is 1. The molecule has 0 N–H and O–H groups in total. The number of rotatable bonds is 12. The Morgan fingerprint density at radius 1 is 0.542 bits per heavy atom. The summed E-state index contributed by atoms with van der Waals surface area (Å²) in [7, 11) is 0. The first-order chi connectivity index (χ1) is 11.3. The van der Waals surface area contributed by atoms with Gasteiger partial charge in [0.25, 0.3) is 0 Å². The van der Waals surface area contributed by atoms with Crippen LogP contribution in [0.3, 0.4) is 0 Å². The molecular formula is C23H38O. The van der Waals surface area contributed by atoms with Crippen molar-refractivity contribution in [2.24, 2.45) is 0 Å². The second-order valence-electron chi connectivity index (χ2n) is 7.29. The van der Waals surface area contributed by atoms with Gasteiger partial charge in [-0.1, -0.05) is 46.6 Å². The Kier molecular flexibility index (Phi) is 13.2. The molecule has 0 aromatic heterocycles. The van der Waals surface area contributed by atoms with Gasteiger partial charge >= 0.3 is 0 Å². The molecule has 0 atom stereocenters. The molecule has 1 heteroatoms. The van der Waals surface area contributed by atoms with Crippen LogP contribution in [0.25, 0.3) is 0 Å². The number of Topliss-reactive ketones (excluding diaryl/α,β-unsaturated/α-hetero) is 1. The molecule has 0 rings (SSSR count). The molecule has 0 radical (unpaired) electrons. The van der Waals surface area contributed by atoms with Crippen LogP contribution >= 0.6 is 0 Å². The third-order valence-corrected chi connectivity index (χ3v) is 4.14. The van der Waals surface area contributed by atoms with Crippen LogP contribution in [0.2, 0.25) is 0 Å². The fourth-order valence-corrected chi connectivity index (χ4v) is 2.51. The highest BCUT2D eigenvalue weighted by Crippen LogP contribution is 2.14. The van der Waals surface area contributed by atoms with Crippen LogP contribution in [0.15, 0.2) is 46.6 Å². The van der Waals surface area contributed by atoms with Crippen LogP contribution in [0, 0.1) is 0 Å². The Hall–Kier alpha value is -1.37. The summed E-state index contributed by atoms with van der Waals surface area (Å²) in [5, 5.41) is 0. The van der Waals surface area contributed by atoms with Crippen molar-refractivity contribution < 1.29 is 4.79 Å². The van der Waals surface area contributed by atoms with Gasteiger partial charge in [0.2, 0.25) is 0 Å². The van der Waals surface area contributed by atoms with Crippen LogP contribution in [0.5, 0.6) is 0 Å². The normalized spacial score (nSPS) is 13.2. The van der Waals surface area contributed by atoms with E-state index in [1.807, 2.05) is 0 Å². The highest BCUT2D eigenvalue weighted by Gasteiger charge is 1.94. The van der Waals surface area contributed by atoms with Crippen LogP contribution in [-0.2, 0) is 4.79 Å². The molecule has 0 bridgehead atoms. The van der Waals surface area contributed by atoms with Crippen LogP contribution < -0.4 is 0 Å². The van der Waals surface area contributed by atoms with E-state index in [0.29, 0.717) is 6.42 Å². The lowest BCUT2D eigenvalue weighted by atomic mass is 10.0. The summed E-state index contributed by atoms with van der Waals surface area (Å²) in [5.74, 6) is 0.277. The summed E-state index contributed by atoms with van der Waals surface area (Å²) >= 11 is 0. The average Bonchev–Trinajstić information content (AvgIpc) is 2.46. The van der Waals surface area contributed by atoms with Crippen molar-refractivity contribution in [2.75, 3.05) is 0 Å². The molecule has 0 aliphatic carbocycles. The number of hydrogen-bond donors (Lipinski definition) is 0. The van der Waals surface area contributed by atoms with E-state index < -0.39 is 0 Å². The molecule has 0 aliphatic rings. The Bertz CT molecular complexity index is 482. The van der Waals surface area contributed by atoms with Crippen molar-refractivity contribution in [1.82, 2.24) is 0 Å². The predicted molar refractivity (Wildman–Crippen MR) is 108 cm³/mol. The van der Waals surface area contributed by atoms with Gasteiger partial charge in [-0.05, 0) is 86.5 Å². The first-order valence-corrected chi connectivity index (χ1v) is 9.41. The summed E-state index contributed by atoms with van der Waals surface area (Å²) in [6, 6.07) is 0. The van der Waals surface area contributed by atoms with Crippen molar-refractivity contribution in [3.05, 3.63) is 46.6 Å². The molecule has 0 aromatic carbocycles. The van der Waals surface area contributed by atoms with Crippen LogP contribution in [0.4, 0.5) is 0 Å². The Morgan fingerprint density at radius 2 is 0.875 bits per heavy atom. The van der Waals surface area contributed by atoms with E-state index >= 15 is 0 Å². The maximum Gasteiger partial charge on any atom is 0.130 e. The van der Waals surface area contributed by atoms with E-state index in [0.717, 1.165) is 38.5 Å². The molecule has 0 unspecified atom stereocenters. The Balaban J connectivity index is 3.98. The van der Waals surface area contributed by atoms with E-state index in [2.05, 4.69) is 58.9 Å². The topological polar surface area (TPSA) is 17.1 Å². The zero-order valence-corrected chi connectivity index (χ0v) is 16.9. The molecule has 24 heavy (non-hydrogen) atoms. The molecule has 0 saturated heterocycles. The number of allylic oxidation sites excluding steroid dienone is 8. The van der Waals surface area contributed by atoms with E-state index in [1.54, 1.807) is 6.92 Å². The second kappa shape index (κ2) is 14.0. The van der Waals surface area contributed by atoms with E-state index in [9.17, 15) is 4.79 Å². The van der Waals surface area contributed by atoms with Crippen molar-refractivity contribution in [1.29, 1.82) is 0 Å². The average molecular weight is 331 g/mol. The summed E-state index contributed by atoms with van der Waals surface area (Å²) in [4.78, 5) is 10.9. The third-order valence-electron chi connectivity index (χ3n) is 4.14. The smallest absolute Gasteiger partial charge is 0.130 e. The van der Waals surface area contributed by atoms with Gasteiger partial charge in [-0.15, -0.1) is 0 Å². The van der Waals surface area contributed by atoms with Crippen LogP contribution in [-0.4, -0.2) is 5.78 Å². The molecule has 1 nitrogen and oxygen atoms in total. The molecule has 0 saturated carbocycles. The fraction of sp³-hybridized carbons (Fsp3) is 0.609. The Morgan fingerprint density at radius 3 is 1.21 bits per heavy atom. The van der Waals surface area contributed by atoms with E-state index in [4.69, 9.17) is 0 Å². The summed E-state index contributed by atoms with van der Waals surface area (Å²) < 4.78 is 0. The van der Waals surface area contributed by atoms with Gasteiger partial charge in [0.05, 0.1) is 0 Å². The number of carbonyl (C=O) groups excluding carboxylic acids is 1. The lowest BCUT2D eigenvalue weighted by Gasteiger charge is -2.02. The van der Waals surface area contributed by atoms with Crippen molar-refractivity contribution >= 4 is 5.78 Å². The number of ketones is 1. The molecule has 0 heterocycles. The fourth-order valence-electron chi connectivity index (χ4n) is 2.51. The van der Waals surface area contributed by atoms with Crippen LogP contribution in [0.1, 0.15) is 92.9 Å². The SMILES string of the molecule is CC(=O)CC/C=C(/C)CC/C=C(\C)CC/C=C(\C)CCC=C(C)C. The van der Waals surface area contributed by atoms with Gasteiger partial charge < -0.3 is 4.79 Å². The quantitative estimate of drug-likeness (QED) is 0.338. The summed E-state index contributed by atoms with van der Waals surface area (Å²) in [6.07, 6.45) is 17.7. The van der Waals surface area contributed by atoms with Crippen molar-refractivity contribution in [3.63, 3.8) is 0 Å². The molecule has 136 valence electrons. The maximum absolute atomic E-state index is 10.9. The van der Waals surface area contributed by atoms with Gasteiger partial charge in [0.15, 0.2) is 0 Å². The zero-order valence-electron chi connectivity index (χ0n) is 16.9. The van der Waals surface area contributed by atoms with Gasteiger partial charge in [-0.3, -0.25) is 0 Å². The minimum atomic E-state index is 0.277. The molecule has 0 spiro atoms. The third kappa shape index (κ3) is 15.5. The largest absolute Gasteiger partial charge is 0.300 e. The first-order valence-electron chi connectivity index (χ1n) is 9.41. The molecular weight excluding hydrogens is 292 g/mol. The molecule has 0 aromatic rings. The highest BCUT2D eigenvalue weighted by molar-refractivity contribution is 5.75. The first kappa shape index (κ1) is 22.6. The monoisotopic (exact) mass is 330 g/mol. The molecule has 0 amide bonds.